The van der Waals surface area contributed by atoms with Crippen molar-refractivity contribution in [2.45, 2.75) is 44.8 Å². The number of aliphatic hydroxyl groups excluding tert-OH is 1. The number of carbonyl (C=O) groups excluding carboxylic acids is 1. The number of piperazine rings is 1. The van der Waals surface area contributed by atoms with Gasteiger partial charge in [0.1, 0.15) is 13.5 Å². The fraction of sp³-hybridized carbons (Fsp3) is 0.448. The van der Waals surface area contributed by atoms with Crippen molar-refractivity contribution < 1.29 is 19.7 Å². The Hall–Kier alpha value is -3.90. The number of ether oxygens (including phenoxy) is 1. The number of nitrogens with zero attached hydrogens (tertiary/aromatic N) is 5. The van der Waals surface area contributed by atoms with Crippen molar-refractivity contribution in [3.05, 3.63) is 75.5 Å². The Balaban J connectivity index is 1.29. The molecule has 0 aliphatic carbocycles. The summed E-state index contributed by atoms with van der Waals surface area (Å²) in [5, 5.41) is 22.5. The van der Waals surface area contributed by atoms with Crippen LogP contribution in [0.15, 0.2) is 58.8 Å². The van der Waals surface area contributed by atoms with Crippen molar-refractivity contribution >= 4 is 30.7 Å². The van der Waals surface area contributed by atoms with Crippen LogP contribution in [-0.4, -0.2) is 87.7 Å². The molecular formula is C29H35BN6O5. The highest BCUT2D eigenvalue weighted by Crippen LogP contribution is 2.39. The molecule has 2 radical (unpaired) electrons. The van der Waals surface area contributed by atoms with E-state index in [-0.39, 0.29) is 17.1 Å². The second-order valence-electron chi connectivity index (χ2n) is 10.8. The molecule has 1 aromatic carbocycles. The Kier molecular flexibility index (Phi) is 8.32. The first-order chi connectivity index (χ1) is 19.7. The highest BCUT2D eigenvalue weighted by atomic mass is 16.5. The SMILES string of the molecule is [B]C(C(=O)N1CCN(C2(c3ccc(CNc4ncc5ccc(=O)n(C(C)C)c5n4)cc3)CCOCC2)CC1)=C(O)O. The Morgan fingerprint density at radius 3 is 2.39 bits per heavy atom. The normalized spacial score (nSPS) is 17.5. The number of pyridine rings is 1. The lowest BCUT2D eigenvalue weighted by Crippen LogP contribution is -2.58. The molecule has 3 aromatic rings. The minimum atomic E-state index is -1.14. The van der Waals surface area contributed by atoms with Crippen molar-refractivity contribution in [3.63, 3.8) is 0 Å². The van der Waals surface area contributed by atoms with Crippen LogP contribution in [0, 0.1) is 0 Å². The van der Waals surface area contributed by atoms with Crippen molar-refractivity contribution in [3.8, 4) is 0 Å². The van der Waals surface area contributed by atoms with Crippen LogP contribution in [-0.2, 0) is 21.6 Å². The fourth-order valence-electron chi connectivity index (χ4n) is 5.84. The summed E-state index contributed by atoms with van der Waals surface area (Å²) in [5.74, 6) is -1.25. The van der Waals surface area contributed by atoms with Crippen LogP contribution < -0.4 is 10.9 Å². The van der Waals surface area contributed by atoms with Gasteiger partial charge in [-0.2, -0.15) is 4.98 Å². The smallest absolute Gasteiger partial charge is 0.272 e. The molecule has 2 aromatic heterocycles. The van der Waals surface area contributed by atoms with E-state index in [1.807, 2.05) is 13.8 Å². The van der Waals surface area contributed by atoms with Gasteiger partial charge in [-0.3, -0.25) is 19.1 Å². The maximum Gasteiger partial charge on any atom is 0.272 e. The quantitative estimate of drug-likeness (QED) is 0.227. The van der Waals surface area contributed by atoms with Crippen LogP contribution in [0.1, 0.15) is 43.9 Å². The van der Waals surface area contributed by atoms with Gasteiger partial charge in [0.2, 0.25) is 11.9 Å². The number of anilines is 1. The van der Waals surface area contributed by atoms with E-state index in [1.54, 1.807) is 27.8 Å². The van der Waals surface area contributed by atoms with Crippen LogP contribution in [0.3, 0.4) is 0 Å². The highest BCUT2D eigenvalue weighted by molar-refractivity contribution is 6.36. The molecule has 2 aliphatic rings. The molecule has 4 heterocycles. The largest absolute Gasteiger partial charge is 0.481 e. The first-order valence-corrected chi connectivity index (χ1v) is 13.9. The molecule has 2 fully saturated rings. The van der Waals surface area contributed by atoms with Crippen LogP contribution in [0.4, 0.5) is 5.95 Å². The third kappa shape index (κ3) is 5.80. The summed E-state index contributed by atoms with van der Waals surface area (Å²) in [6, 6.07) is 11.8. The monoisotopic (exact) mass is 558 g/mol. The van der Waals surface area contributed by atoms with Crippen LogP contribution in [0.5, 0.6) is 0 Å². The fourth-order valence-corrected chi connectivity index (χ4v) is 5.84. The number of aromatic nitrogens is 3. The Labute approximate surface area is 239 Å². The van der Waals surface area contributed by atoms with Crippen LogP contribution in [0.25, 0.3) is 11.0 Å². The summed E-state index contributed by atoms with van der Waals surface area (Å²) in [7, 11) is 5.54. The highest BCUT2D eigenvalue weighted by Gasteiger charge is 2.41. The molecule has 0 unspecified atom stereocenters. The maximum absolute atomic E-state index is 12.5. The van der Waals surface area contributed by atoms with Gasteiger partial charge in [0.25, 0.3) is 11.5 Å². The summed E-state index contributed by atoms with van der Waals surface area (Å²) in [6.07, 6.45) is 3.40. The van der Waals surface area contributed by atoms with Crippen molar-refractivity contribution in [1.82, 2.24) is 24.3 Å². The Morgan fingerprint density at radius 1 is 1.07 bits per heavy atom. The standard InChI is InChI=1S/C29H35BN6O5/c1-19(2)36-23(37)8-5-21-18-32-28(33-25(21)36)31-17-20-3-6-22(7-4-20)29(9-15-41-16-10-29)35-13-11-34(12-14-35)26(38)24(30)27(39)40/h3-8,18-19,39-40H,9-17H2,1-2H3,(H,31,32,33). The molecule has 41 heavy (non-hydrogen) atoms. The van der Waals surface area contributed by atoms with E-state index in [4.69, 9.17) is 12.6 Å². The average Bonchev–Trinajstić information content (AvgIpc) is 2.99. The lowest BCUT2D eigenvalue weighted by atomic mass is 9.80. The van der Waals surface area contributed by atoms with Crippen LogP contribution >= 0.6 is 0 Å². The predicted molar refractivity (Wildman–Crippen MR) is 156 cm³/mol. The molecular weight excluding hydrogens is 523 g/mol. The van der Waals surface area contributed by atoms with Gasteiger partial charge < -0.3 is 25.2 Å². The van der Waals surface area contributed by atoms with E-state index >= 15 is 0 Å². The molecule has 2 saturated heterocycles. The van der Waals surface area contributed by atoms with Crippen molar-refractivity contribution in [2.75, 3.05) is 44.7 Å². The van der Waals surface area contributed by atoms with Gasteiger partial charge in [0.15, 0.2) is 0 Å². The molecule has 0 spiro atoms. The molecule has 0 bridgehead atoms. The first-order valence-electron chi connectivity index (χ1n) is 13.9. The summed E-state index contributed by atoms with van der Waals surface area (Å²) < 4.78 is 7.38. The molecule has 5 rings (SSSR count). The third-order valence-electron chi connectivity index (χ3n) is 8.09. The van der Waals surface area contributed by atoms with E-state index in [2.05, 4.69) is 44.5 Å². The molecule has 2 aliphatic heterocycles. The van der Waals surface area contributed by atoms with Gasteiger partial charge in [0.05, 0.1) is 5.54 Å². The number of aliphatic hydroxyl groups is 2. The van der Waals surface area contributed by atoms with E-state index in [0.29, 0.717) is 57.5 Å². The maximum atomic E-state index is 12.5. The Bertz CT molecular complexity index is 1490. The van der Waals surface area contributed by atoms with Gasteiger partial charge in [-0.05, 0) is 43.9 Å². The third-order valence-corrected chi connectivity index (χ3v) is 8.09. The number of hydrogen-bond donors (Lipinski definition) is 3. The summed E-state index contributed by atoms with van der Waals surface area (Å²) in [5.41, 5.74) is 2.02. The van der Waals surface area contributed by atoms with Gasteiger partial charge in [-0.1, -0.05) is 24.3 Å². The number of carbonyl (C=O) groups is 1. The average molecular weight is 558 g/mol. The van der Waals surface area contributed by atoms with E-state index in [9.17, 15) is 19.8 Å². The zero-order valence-corrected chi connectivity index (χ0v) is 23.4. The first kappa shape index (κ1) is 28.6. The Morgan fingerprint density at radius 2 is 1.76 bits per heavy atom. The molecule has 0 atom stereocenters. The summed E-state index contributed by atoms with van der Waals surface area (Å²) in [4.78, 5) is 37.9. The summed E-state index contributed by atoms with van der Waals surface area (Å²) >= 11 is 0. The number of amides is 1. The van der Waals surface area contributed by atoms with Crippen molar-refractivity contribution in [1.29, 1.82) is 0 Å². The molecule has 12 heteroatoms. The lowest BCUT2D eigenvalue weighted by molar-refractivity contribution is -0.131. The zero-order valence-electron chi connectivity index (χ0n) is 23.4. The second-order valence-corrected chi connectivity index (χ2v) is 10.8. The summed E-state index contributed by atoms with van der Waals surface area (Å²) in [6.45, 7) is 7.88. The van der Waals surface area contributed by atoms with E-state index < -0.39 is 17.3 Å². The molecule has 3 N–H and O–H groups in total. The minimum Gasteiger partial charge on any atom is -0.481 e. The molecule has 1 amide bonds. The van der Waals surface area contributed by atoms with Gasteiger partial charge in [0, 0.05) is 75.1 Å². The minimum absolute atomic E-state index is 0.0219. The van der Waals surface area contributed by atoms with Gasteiger partial charge >= 0.3 is 0 Å². The van der Waals surface area contributed by atoms with Gasteiger partial charge in [-0.15, -0.1) is 0 Å². The van der Waals surface area contributed by atoms with Gasteiger partial charge in [-0.25, -0.2) is 4.98 Å². The number of fused-ring (bicyclic) bond motifs is 1. The van der Waals surface area contributed by atoms with E-state index in [1.165, 1.54) is 5.56 Å². The van der Waals surface area contributed by atoms with Crippen molar-refractivity contribution in [2.24, 2.45) is 0 Å². The second kappa shape index (κ2) is 11.9. The van der Waals surface area contributed by atoms with E-state index in [0.717, 1.165) is 23.8 Å². The topological polar surface area (TPSA) is 133 Å². The number of benzene rings is 1. The molecule has 0 saturated carbocycles. The molecule has 214 valence electrons. The zero-order chi connectivity index (χ0) is 29.1. The number of nitrogens with one attached hydrogen (secondary N) is 1. The number of rotatable bonds is 7. The lowest BCUT2D eigenvalue weighted by Gasteiger charge is -2.50. The predicted octanol–water partition coefficient (Wildman–Crippen LogP) is 2.59. The number of hydrogen-bond acceptors (Lipinski definition) is 9. The van der Waals surface area contributed by atoms with Crippen LogP contribution in [0.2, 0.25) is 0 Å². The molecule has 11 nitrogen and oxygen atoms in total.